The van der Waals surface area contributed by atoms with Crippen LogP contribution < -0.4 is 5.73 Å². The van der Waals surface area contributed by atoms with Crippen LogP contribution in [-0.4, -0.2) is 32.0 Å². The summed E-state index contributed by atoms with van der Waals surface area (Å²) < 4.78 is 11.1. The van der Waals surface area contributed by atoms with Crippen molar-refractivity contribution in [1.29, 1.82) is 0 Å². The van der Waals surface area contributed by atoms with Crippen molar-refractivity contribution in [2.45, 2.75) is 30.9 Å². The molecule has 2 N–H and O–H groups in total. The summed E-state index contributed by atoms with van der Waals surface area (Å²) in [4.78, 5) is 0. The summed E-state index contributed by atoms with van der Waals surface area (Å²) in [6.45, 7) is 1.37. The number of benzene rings is 1. The fourth-order valence-electron chi connectivity index (χ4n) is 2.57. The smallest absolute Gasteiger partial charge is 0.0875 e. The SMILES string of the molecule is COC1(C(N)Cc2cccc(Cl)c2Cl)CCOCC1. The lowest BCUT2D eigenvalue weighted by atomic mass is 9.83. The molecular formula is C14H19Cl2NO2. The van der Waals surface area contributed by atoms with Gasteiger partial charge in [0.1, 0.15) is 0 Å². The van der Waals surface area contributed by atoms with E-state index in [1.165, 1.54) is 0 Å². The molecule has 1 fully saturated rings. The zero-order chi connectivity index (χ0) is 13.9. The predicted octanol–water partition coefficient (Wildman–Crippen LogP) is 3.06. The maximum absolute atomic E-state index is 6.36. The molecule has 0 radical (unpaired) electrons. The molecule has 1 atom stereocenters. The summed E-state index contributed by atoms with van der Waals surface area (Å²) >= 11 is 12.2. The molecule has 5 heteroatoms. The van der Waals surface area contributed by atoms with Crippen LogP contribution in [0.5, 0.6) is 0 Å². The summed E-state index contributed by atoms with van der Waals surface area (Å²) in [5, 5.41) is 1.14. The molecule has 0 saturated carbocycles. The quantitative estimate of drug-likeness (QED) is 0.930. The second-order valence-corrected chi connectivity index (χ2v) is 5.69. The lowest BCUT2D eigenvalue weighted by Crippen LogP contribution is -2.53. The Morgan fingerprint density at radius 3 is 2.68 bits per heavy atom. The first-order valence-corrected chi connectivity index (χ1v) is 7.16. The van der Waals surface area contributed by atoms with Gasteiger partial charge in [0.15, 0.2) is 0 Å². The molecule has 1 unspecified atom stereocenters. The summed E-state index contributed by atoms with van der Waals surface area (Å²) in [5.74, 6) is 0. The summed E-state index contributed by atoms with van der Waals surface area (Å²) in [7, 11) is 1.71. The molecule has 1 aromatic carbocycles. The molecule has 1 aliphatic heterocycles. The minimum atomic E-state index is -0.329. The topological polar surface area (TPSA) is 44.5 Å². The molecule has 0 aromatic heterocycles. The highest BCUT2D eigenvalue weighted by molar-refractivity contribution is 6.42. The van der Waals surface area contributed by atoms with Crippen LogP contribution in [0.4, 0.5) is 0 Å². The molecule has 3 nitrogen and oxygen atoms in total. The zero-order valence-electron chi connectivity index (χ0n) is 11.0. The third-order valence-electron chi connectivity index (χ3n) is 3.89. The largest absolute Gasteiger partial charge is 0.381 e. The fourth-order valence-corrected chi connectivity index (χ4v) is 2.97. The molecule has 19 heavy (non-hydrogen) atoms. The Morgan fingerprint density at radius 1 is 1.37 bits per heavy atom. The highest BCUT2D eigenvalue weighted by Crippen LogP contribution is 2.32. The predicted molar refractivity (Wildman–Crippen MR) is 77.9 cm³/mol. The van der Waals surface area contributed by atoms with Crippen LogP contribution in [0.3, 0.4) is 0 Å². The average Bonchev–Trinajstić information content (AvgIpc) is 2.44. The van der Waals surface area contributed by atoms with Gasteiger partial charge in [-0.1, -0.05) is 35.3 Å². The standard InChI is InChI=1S/C14H19Cl2NO2/c1-18-14(5-7-19-8-6-14)12(17)9-10-3-2-4-11(15)13(10)16/h2-4,12H,5-9,17H2,1H3. The van der Waals surface area contributed by atoms with Crippen LogP contribution in [0, 0.1) is 0 Å². The number of rotatable bonds is 4. The highest BCUT2D eigenvalue weighted by atomic mass is 35.5. The summed E-state index contributed by atoms with van der Waals surface area (Å²) in [6, 6.07) is 5.49. The van der Waals surface area contributed by atoms with Crippen molar-refractivity contribution in [1.82, 2.24) is 0 Å². The third kappa shape index (κ3) is 3.23. The van der Waals surface area contributed by atoms with Gasteiger partial charge in [-0.05, 0) is 18.1 Å². The van der Waals surface area contributed by atoms with E-state index in [-0.39, 0.29) is 11.6 Å². The zero-order valence-corrected chi connectivity index (χ0v) is 12.5. The van der Waals surface area contributed by atoms with Crippen LogP contribution in [-0.2, 0) is 15.9 Å². The first kappa shape index (κ1) is 15.1. The van der Waals surface area contributed by atoms with Gasteiger partial charge in [0.2, 0.25) is 0 Å². The van der Waals surface area contributed by atoms with Crippen LogP contribution >= 0.6 is 23.2 Å². The Morgan fingerprint density at radius 2 is 2.05 bits per heavy atom. The van der Waals surface area contributed by atoms with E-state index in [1.807, 2.05) is 12.1 Å². The molecule has 0 amide bonds. The van der Waals surface area contributed by atoms with Crippen LogP contribution in [0.2, 0.25) is 10.0 Å². The fraction of sp³-hybridized carbons (Fsp3) is 0.571. The molecule has 106 valence electrons. The van der Waals surface area contributed by atoms with Crippen molar-refractivity contribution in [3.8, 4) is 0 Å². The number of nitrogens with two attached hydrogens (primary N) is 1. The van der Waals surface area contributed by atoms with Crippen LogP contribution in [0.15, 0.2) is 18.2 Å². The van der Waals surface area contributed by atoms with E-state index >= 15 is 0 Å². The second kappa shape index (κ2) is 6.42. The molecule has 0 aliphatic carbocycles. The minimum absolute atomic E-state index is 0.127. The summed E-state index contributed by atoms with van der Waals surface area (Å²) in [6.07, 6.45) is 2.26. The molecule has 1 heterocycles. The Labute approximate surface area is 124 Å². The van der Waals surface area contributed by atoms with Gasteiger partial charge in [-0.15, -0.1) is 0 Å². The van der Waals surface area contributed by atoms with Gasteiger partial charge in [-0.2, -0.15) is 0 Å². The van der Waals surface area contributed by atoms with Gasteiger partial charge in [0.25, 0.3) is 0 Å². The second-order valence-electron chi connectivity index (χ2n) is 4.90. The van der Waals surface area contributed by atoms with E-state index in [4.69, 9.17) is 38.4 Å². The number of halogens is 2. The van der Waals surface area contributed by atoms with Gasteiger partial charge in [0.05, 0.1) is 15.6 Å². The Hall–Kier alpha value is -0.320. The lowest BCUT2D eigenvalue weighted by molar-refractivity contribution is -0.103. The van der Waals surface area contributed by atoms with Crippen molar-refractivity contribution in [2.75, 3.05) is 20.3 Å². The van der Waals surface area contributed by atoms with E-state index in [2.05, 4.69) is 0 Å². The Bertz CT molecular complexity index is 433. The number of hydrogen-bond acceptors (Lipinski definition) is 3. The van der Waals surface area contributed by atoms with E-state index in [1.54, 1.807) is 13.2 Å². The van der Waals surface area contributed by atoms with Crippen molar-refractivity contribution in [3.05, 3.63) is 33.8 Å². The Kier molecular flexibility index (Phi) is 5.09. The molecule has 1 aromatic rings. The molecule has 2 rings (SSSR count). The molecule has 1 saturated heterocycles. The first-order chi connectivity index (χ1) is 9.09. The van der Waals surface area contributed by atoms with E-state index in [0.717, 1.165) is 18.4 Å². The Balaban J connectivity index is 2.15. The normalized spacial score (nSPS) is 20.2. The lowest BCUT2D eigenvalue weighted by Gasteiger charge is -2.40. The maximum Gasteiger partial charge on any atom is 0.0875 e. The van der Waals surface area contributed by atoms with Gasteiger partial charge >= 0.3 is 0 Å². The average molecular weight is 304 g/mol. The third-order valence-corrected chi connectivity index (χ3v) is 4.75. The van der Waals surface area contributed by atoms with Gasteiger partial charge in [0, 0.05) is 39.2 Å². The monoisotopic (exact) mass is 303 g/mol. The molecule has 0 bridgehead atoms. The summed E-state index contributed by atoms with van der Waals surface area (Å²) in [5.41, 5.74) is 7.00. The van der Waals surface area contributed by atoms with E-state index < -0.39 is 0 Å². The van der Waals surface area contributed by atoms with Crippen molar-refractivity contribution < 1.29 is 9.47 Å². The number of methoxy groups -OCH3 is 1. The minimum Gasteiger partial charge on any atom is -0.381 e. The van der Waals surface area contributed by atoms with Crippen LogP contribution in [0.25, 0.3) is 0 Å². The van der Waals surface area contributed by atoms with E-state index in [9.17, 15) is 0 Å². The number of hydrogen-bond donors (Lipinski definition) is 1. The molecular weight excluding hydrogens is 285 g/mol. The first-order valence-electron chi connectivity index (χ1n) is 6.40. The van der Waals surface area contributed by atoms with Crippen molar-refractivity contribution in [2.24, 2.45) is 5.73 Å². The van der Waals surface area contributed by atoms with Crippen molar-refractivity contribution in [3.63, 3.8) is 0 Å². The van der Waals surface area contributed by atoms with E-state index in [0.29, 0.717) is 29.7 Å². The number of ether oxygens (including phenoxy) is 2. The van der Waals surface area contributed by atoms with Gasteiger partial charge < -0.3 is 15.2 Å². The maximum atomic E-state index is 6.36. The molecule has 0 spiro atoms. The van der Waals surface area contributed by atoms with Gasteiger partial charge in [-0.3, -0.25) is 0 Å². The van der Waals surface area contributed by atoms with Crippen LogP contribution in [0.1, 0.15) is 18.4 Å². The highest BCUT2D eigenvalue weighted by Gasteiger charge is 2.38. The van der Waals surface area contributed by atoms with Crippen molar-refractivity contribution >= 4 is 23.2 Å². The van der Waals surface area contributed by atoms with Gasteiger partial charge in [-0.25, -0.2) is 0 Å². The molecule has 1 aliphatic rings.